The molecular weight excluding hydrogens is 371 g/mol. The second-order valence-electron chi connectivity index (χ2n) is 7.21. The highest BCUT2D eigenvalue weighted by Gasteiger charge is 2.38. The van der Waals surface area contributed by atoms with Crippen LogP contribution in [-0.2, 0) is 11.2 Å². The molecule has 0 aliphatic heterocycles. The Morgan fingerprint density at radius 1 is 1.18 bits per heavy atom. The smallest absolute Gasteiger partial charge is 0.315 e. The number of hydrogen-bond acceptors (Lipinski definition) is 4. The lowest BCUT2D eigenvalue weighted by molar-refractivity contribution is -0.133. The Morgan fingerprint density at radius 3 is 2.32 bits per heavy atom. The molecule has 1 aliphatic carbocycles. The lowest BCUT2D eigenvalue weighted by atomic mass is 9.99. The SMILES string of the molecule is NC1(Cc2ccc(-c3ccc([C@@H](O)[C@@H](CF)NC(=O)C(F)F)cc3)cn2)CC1. The van der Waals surface area contributed by atoms with E-state index in [0.29, 0.717) is 5.56 Å². The van der Waals surface area contributed by atoms with E-state index in [-0.39, 0.29) is 5.54 Å². The van der Waals surface area contributed by atoms with E-state index in [0.717, 1.165) is 36.1 Å². The zero-order valence-corrected chi connectivity index (χ0v) is 15.1. The van der Waals surface area contributed by atoms with Gasteiger partial charge in [0, 0.05) is 29.4 Å². The van der Waals surface area contributed by atoms with Crippen LogP contribution < -0.4 is 11.1 Å². The van der Waals surface area contributed by atoms with Gasteiger partial charge in [0.2, 0.25) is 0 Å². The maximum absolute atomic E-state index is 13.1. The molecule has 1 aromatic carbocycles. The molecule has 2 aromatic rings. The van der Waals surface area contributed by atoms with E-state index in [1.165, 1.54) is 0 Å². The van der Waals surface area contributed by atoms with Gasteiger partial charge >= 0.3 is 6.43 Å². The topological polar surface area (TPSA) is 88.2 Å². The fourth-order valence-electron chi connectivity index (χ4n) is 2.95. The number of amides is 1. The van der Waals surface area contributed by atoms with Crippen LogP contribution in [0, 0.1) is 0 Å². The number of carbonyl (C=O) groups is 1. The maximum Gasteiger partial charge on any atom is 0.315 e. The summed E-state index contributed by atoms with van der Waals surface area (Å²) in [5, 5.41) is 12.0. The Labute approximate surface area is 160 Å². The van der Waals surface area contributed by atoms with Crippen molar-refractivity contribution in [2.45, 2.75) is 43.4 Å². The minimum atomic E-state index is -3.27. The predicted molar refractivity (Wildman–Crippen MR) is 98.4 cm³/mol. The lowest BCUT2D eigenvalue weighted by Gasteiger charge is -2.22. The van der Waals surface area contributed by atoms with E-state index >= 15 is 0 Å². The van der Waals surface area contributed by atoms with Crippen LogP contribution >= 0.6 is 0 Å². The molecule has 0 spiro atoms. The van der Waals surface area contributed by atoms with Gasteiger partial charge in [-0.05, 0) is 30.0 Å². The van der Waals surface area contributed by atoms with Crippen LogP contribution in [0.1, 0.15) is 30.2 Å². The highest BCUT2D eigenvalue weighted by Crippen LogP contribution is 2.35. The quantitative estimate of drug-likeness (QED) is 0.643. The Balaban J connectivity index is 1.67. The predicted octanol–water partition coefficient (Wildman–Crippen LogP) is 2.54. The van der Waals surface area contributed by atoms with Crippen LogP contribution in [0.2, 0.25) is 0 Å². The number of nitrogens with zero attached hydrogens (tertiary/aromatic N) is 1. The number of carbonyl (C=O) groups excluding carboxylic acids is 1. The molecule has 1 saturated carbocycles. The number of alkyl halides is 3. The minimum Gasteiger partial charge on any atom is -0.386 e. The summed E-state index contributed by atoms with van der Waals surface area (Å²) in [6.45, 7) is -1.17. The number of pyridine rings is 1. The van der Waals surface area contributed by atoms with Crippen LogP contribution in [-0.4, -0.2) is 40.7 Å². The van der Waals surface area contributed by atoms with Crippen molar-refractivity contribution < 1.29 is 23.1 Å². The second kappa shape index (κ2) is 8.28. The normalized spacial score (nSPS) is 17.2. The fourth-order valence-corrected chi connectivity index (χ4v) is 2.95. The van der Waals surface area contributed by atoms with Crippen molar-refractivity contribution in [3.8, 4) is 11.1 Å². The molecule has 4 N–H and O–H groups in total. The van der Waals surface area contributed by atoms with Crippen molar-refractivity contribution in [3.63, 3.8) is 0 Å². The van der Waals surface area contributed by atoms with E-state index < -0.39 is 31.2 Å². The summed E-state index contributed by atoms with van der Waals surface area (Å²) in [5.74, 6) is -1.62. The van der Waals surface area contributed by atoms with Crippen LogP contribution in [0.5, 0.6) is 0 Å². The Bertz CT molecular complexity index is 808. The Hall–Kier alpha value is -2.45. The number of rotatable bonds is 8. The molecule has 5 nitrogen and oxygen atoms in total. The molecule has 0 radical (unpaired) electrons. The number of benzene rings is 1. The summed E-state index contributed by atoms with van der Waals surface area (Å²) in [5.41, 5.74) is 8.91. The Kier molecular flexibility index (Phi) is 6.00. The molecule has 1 aromatic heterocycles. The van der Waals surface area contributed by atoms with E-state index in [9.17, 15) is 23.1 Å². The van der Waals surface area contributed by atoms with Gasteiger partial charge in [0.15, 0.2) is 0 Å². The summed E-state index contributed by atoms with van der Waals surface area (Å²) in [4.78, 5) is 15.5. The van der Waals surface area contributed by atoms with Gasteiger partial charge in [-0.3, -0.25) is 9.78 Å². The van der Waals surface area contributed by atoms with E-state index in [2.05, 4.69) is 4.98 Å². The number of aromatic nitrogens is 1. The number of hydrogen-bond donors (Lipinski definition) is 3. The third-order valence-corrected chi connectivity index (χ3v) is 4.91. The van der Waals surface area contributed by atoms with Crippen LogP contribution in [0.3, 0.4) is 0 Å². The average molecular weight is 393 g/mol. The zero-order valence-electron chi connectivity index (χ0n) is 15.1. The monoisotopic (exact) mass is 393 g/mol. The molecule has 28 heavy (non-hydrogen) atoms. The minimum absolute atomic E-state index is 0.112. The maximum atomic E-state index is 13.1. The molecule has 1 amide bonds. The third-order valence-electron chi connectivity index (χ3n) is 4.91. The van der Waals surface area contributed by atoms with Crippen LogP contribution in [0.4, 0.5) is 13.2 Å². The molecule has 1 heterocycles. The lowest BCUT2D eigenvalue weighted by Crippen LogP contribution is -2.43. The molecule has 150 valence electrons. The second-order valence-corrected chi connectivity index (χ2v) is 7.21. The number of aliphatic hydroxyl groups excluding tert-OH is 1. The first-order chi connectivity index (χ1) is 13.3. The van der Waals surface area contributed by atoms with Crippen molar-refractivity contribution in [2.75, 3.05) is 6.67 Å². The third kappa shape index (κ3) is 4.88. The van der Waals surface area contributed by atoms with Crippen molar-refractivity contribution in [1.82, 2.24) is 10.3 Å². The number of halogens is 3. The number of aliphatic hydroxyl groups is 1. The van der Waals surface area contributed by atoms with Gasteiger partial charge in [-0.2, -0.15) is 8.78 Å². The van der Waals surface area contributed by atoms with Crippen molar-refractivity contribution in [3.05, 3.63) is 53.9 Å². The summed E-state index contributed by atoms with van der Waals surface area (Å²) < 4.78 is 37.7. The van der Waals surface area contributed by atoms with Gasteiger partial charge < -0.3 is 16.2 Å². The van der Waals surface area contributed by atoms with Gasteiger partial charge in [0.25, 0.3) is 5.91 Å². The first-order valence-electron chi connectivity index (χ1n) is 8.98. The molecular formula is C20H22F3N3O2. The van der Waals surface area contributed by atoms with Gasteiger partial charge in [-0.25, -0.2) is 4.39 Å². The van der Waals surface area contributed by atoms with E-state index in [1.807, 2.05) is 12.1 Å². The summed E-state index contributed by atoms with van der Waals surface area (Å²) in [6, 6.07) is 8.94. The van der Waals surface area contributed by atoms with E-state index in [4.69, 9.17) is 5.73 Å². The standard InChI is InChI=1S/C20H22F3N3O2/c21-10-16(26-19(28)18(22)23)17(27)13-3-1-12(2-4-13)14-5-6-15(25-11-14)9-20(24)7-8-20/h1-6,11,16-18,27H,7-10,24H2,(H,26,28)/t16-,17-/m1/s1. The van der Waals surface area contributed by atoms with Crippen molar-refractivity contribution in [1.29, 1.82) is 0 Å². The zero-order chi connectivity index (χ0) is 20.3. The largest absolute Gasteiger partial charge is 0.386 e. The summed E-state index contributed by atoms with van der Waals surface area (Å²) in [7, 11) is 0. The van der Waals surface area contributed by atoms with Gasteiger partial charge in [-0.15, -0.1) is 0 Å². The van der Waals surface area contributed by atoms with Crippen molar-refractivity contribution in [2.24, 2.45) is 5.73 Å². The molecule has 0 saturated heterocycles. The average Bonchev–Trinajstić information content (AvgIpc) is 3.42. The van der Waals surface area contributed by atoms with Crippen molar-refractivity contribution >= 4 is 5.91 Å². The molecule has 3 rings (SSSR count). The molecule has 8 heteroatoms. The molecule has 1 fully saturated rings. The summed E-state index contributed by atoms with van der Waals surface area (Å²) in [6.07, 6.45) is -0.210. The van der Waals surface area contributed by atoms with Crippen LogP contribution in [0.15, 0.2) is 42.6 Å². The number of nitrogens with two attached hydrogens (primary N) is 1. The summed E-state index contributed by atoms with van der Waals surface area (Å²) >= 11 is 0. The van der Waals surface area contributed by atoms with Gasteiger partial charge in [-0.1, -0.05) is 30.3 Å². The molecule has 1 aliphatic rings. The number of nitrogens with one attached hydrogen (secondary N) is 1. The van der Waals surface area contributed by atoms with Crippen LogP contribution in [0.25, 0.3) is 11.1 Å². The Morgan fingerprint density at radius 2 is 1.82 bits per heavy atom. The highest BCUT2D eigenvalue weighted by atomic mass is 19.3. The first-order valence-corrected chi connectivity index (χ1v) is 8.98. The fraction of sp³-hybridized carbons (Fsp3) is 0.400. The first kappa shape index (κ1) is 20.3. The molecule has 0 bridgehead atoms. The molecule has 2 atom stereocenters. The highest BCUT2D eigenvalue weighted by molar-refractivity contribution is 5.79. The van der Waals surface area contributed by atoms with Gasteiger partial charge in [0.1, 0.15) is 12.8 Å². The van der Waals surface area contributed by atoms with Gasteiger partial charge in [0.05, 0.1) is 6.04 Å². The molecule has 0 unspecified atom stereocenters. The van der Waals surface area contributed by atoms with E-state index in [1.54, 1.807) is 35.8 Å².